The first-order valence-electron chi connectivity index (χ1n) is 6.24. The van der Waals surface area contributed by atoms with E-state index in [1.54, 1.807) is 11.3 Å². The average Bonchev–Trinajstić information content (AvgIpc) is 2.87. The molecule has 0 aliphatic heterocycles. The van der Waals surface area contributed by atoms with Crippen LogP contribution < -0.4 is 11.1 Å². The highest BCUT2D eigenvalue weighted by atomic mass is 127. The van der Waals surface area contributed by atoms with Crippen LogP contribution in [0.1, 0.15) is 22.4 Å². The lowest BCUT2D eigenvalue weighted by Gasteiger charge is -2.05. The first kappa shape index (κ1) is 16.9. The fourth-order valence-electron chi connectivity index (χ4n) is 1.56. The minimum Gasteiger partial charge on any atom is -0.370 e. The Labute approximate surface area is 140 Å². The number of aromatic nitrogens is 1. The number of hydrogen-bond donors (Lipinski definition) is 2. The first-order valence-corrected chi connectivity index (χ1v) is 7.06. The summed E-state index contributed by atoms with van der Waals surface area (Å²) >= 11 is 1.68. The van der Waals surface area contributed by atoms with Gasteiger partial charge in [0.15, 0.2) is 5.96 Å². The number of guanidine groups is 1. The Bertz CT molecular complexity index is 563. The van der Waals surface area contributed by atoms with Crippen LogP contribution in [0.25, 0.3) is 0 Å². The van der Waals surface area contributed by atoms with Gasteiger partial charge in [0.2, 0.25) is 0 Å². The minimum atomic E-state index is 0. The third-order valence-corrected chi connectivity index (χ3v) is 3.78. The number of nitrogens with two attached hydrogens (primary N) is 1. The van der Waals surface area contributed by atoms with Crippen LogP contribution in [0, 0.1) is 6.92 Å². The molecule has 0 aliphatic carbocycles. The zero-order chi connectivity index (χ0) is 13.7. The van der Waals surface area contributed by atoms with Crippen molar-refractivity contribution < 1.29 is 0 Å². The summed E-state index contributed by atoms with van der Waals surface area (Å²) in [7, 11) is 0. The number of nitrogens with one attached hydrogen (secondary N) is 1. The molecular formula is C14H19IN4S. The highest BCUT2D eigenvalue weighted by Gasteiger charge is 2.00. The molecule has 0 amide bonds. The fraction of sp³-hybridized carbons (Fsp3) is 0.286. The van der Waals surface area contributed by atoms with E-state index < -0.39 is 0 Å². The number of benzene rings is 1. The van der Waals surface area contributed by atoms with Crippen molar-refractivity contribution in [2.45, 2.75) is 26.8 Å². The maximum atomic E-state index is 5.85. The molecule has 0 spiro atoms. The lowest BCUT2D eigenvalue weighted by atomic mass is 10.2. The Balaban J connectivity index is 0.00000200. The summed E-state index contributed by atoms with van der Waals surface area (Å²) in [5.41, 5.74) is 8.01. The second kappa shape index (κ2) is 8.21. The van der Waals surface area contributed by atoms with E-state index in [4.69, 9.17) is 5.73 Å². The molecule has 1 aromatic heterocycles. The van der Waals surface area contributed by atoms with Gasteiger partial charge >= 0.3 is 0 Å². The van der Waals surface area contributed by atoms with E-state index in [0.29, 0.717) is 12.5 Å². The van der Waals surface area contributed by atoms with Gasteiger partial charge in [-0.25, -0.2) is 9.98 Å². The molecule has 1 aromatic carbocycles. The monoisotopic (exact) mass is 402 g/mol. The highest BCUT2D eigenvalue weighted by Crippen LogP contribution is 2.14. The van der Waals surface area contributed by atoms with Gasteiger partial charge in [0, 0.05) is 16.8 Å². The average molecular weight is 402 g/mol. The number of thiazole rings is 1. The van der Waals surface area contributed by atoms with Crippen LogP contribution in [-0.2, 0) is 13.0 Å². The molecule has 0 unspecified atom stereocenters. The van der Waals surface area contributed by atoms with E-state index in [0.717, 1.165) is 17.1 Å². The third-order valence-electron chi connectivity index (χ3n) is 2.66. The number of nitrogens with zero attached hydrogens (tertiary/aromatic N) is 2. The quantitative estimate of drug-likeness (QED) is 0.467. The van der Waals surface area contributed by atoms with Crippen LogP contribution in [0.15, 0.2) is 35.5 Å². The van der Waals surface area contributed by atoms with Crippen LogP contribution in [0.3, 0.4) is 0 Å². The summed E-state index contributed by atoms with van der Waals surface area (Å²) in [6, 6.07) is 8.03. The van der Waals surface area contributed by atoms with Crippen molar-refractivity contribution in [3.63, 3.8) is 0 Å². The zero-order valence-electron chi connectivity index (χ0n) is 11.6. The molecular weight excluding hydrogens is 383 g/mol. The van der Waals surface area contributed by atoms with Crippen LogP contribution in [0.2, 0.25) is 0 Å². The van der Waals surface area contributed by atoms with Crippen molar-refractivity contribution in [3.05, 3.63) is 45.9 Å². The Morgan fingerprint density at radius 1 is 1.35 bits per heavy atom. The van der Waals surface area contributed by atoms with Crippen LogP contribution in [-0.4, -0.2) is 10.9 Å². The van der Waals surface area contributed by atoms with E-state index in [9.17, 15) is 0 Å². The first-order chi connectivity index (χ1) is 9.17. The lowest BCUT2D eigenvalue weighted by Crippen LogP contribution is -2.22. The van der Waals surface area contributed by atoms with Crippen molar-refractivity contribution in [3.8, 4) is 0 Å². The molecule has 0 bridgehead atoms. The lowest BCUT2D eigenvalue weighted by molar-refractivity contribution is 1.03. The van der Waals surface area contributed by atoms with Crippen LogP contribution in [0.4, 0.5) is 5.69 Å². The summed E-state index contributed by atoms with van der Waals surface area (Å²) in [5.74, 6) is 0.414. The van der Waals surface area contributed by atoms with E-state index in [2.05, 4.69) is 29.1 Å². The maximum absolute atomic E-state index is 5.85. The molecule has 0 aliphatic rings. The molecule has 108 valence electrons. The van der Waals surface area contributed by atoms with E-state index >= 15 is 0 Å². The molecule has 0 fully saturated rings. The molecule has 6 heteroatoms. The van der Waals surface area contributed by atoms with Gasteiger partial charge in [-0.05, 0) is 25.5 Å². The predicted octanol–water partition coefficient (Wildman–Crippen LogP) is 3.56. The van der Waals surface area contributed by atoms with Gasteiger partial charge in [-0.1, -0.05) is 24.6 Å². The normalized spacial score (nSPS) is 11.0. The SMILES string of the molecule is CCc1cnc(CN=C(N)Nc2ccc(C)cc2)s1.I. The molecule has 2 aromatic rings. The van der Waals surface area contributed by atoms with Gasteiger partial charge in [-0.2, -0.15) is 0 Å². The minimum absolute atomic E-state index is 0. The van der Waals surface area contributed by atoms with Crippen LogP contribution in [0.5, 0.6) is 0 Å². The molecule has 0 saturated carbocycles. The molecule has 3 N–H and O–H groups in total. The number of aliphatic imine (C=N–C) groups is 1. The number of halogens is 1. The molecule has 1 heterocycles. The number of anilines is 1. The highest BCUT2D eigenvalue weighted by molar-refractivity contribution is 14.0. The zero-order valence-corrected chi connectivity index (χ0v) is 14.7. The van der Waals surface area contributed by atoms with Gasteiger partial charge in [-0.15, -0.1) is 35.3 Å². The number of aryl methyl sites for hydroxylation is 2. The second-order valence-corrected chi connectivity index (χ2v) is 5.47. The van der Waals surface area contributed by atoms with Gasteiger partial charge in [-0.3, -0.25) is 0 Å². The van der Waals surface area contributed by atoms with Crippen LogP contribution >= 0.6 is 35.3 Å². The smallest absolute Gasteiger partial charge is 0.193 e. The van der Waals surface area contributed by atoms with Crippen molar-refractivity contribution in [1.82, 2.24) is 4.98 Å². The van der Waals surface area contributed by atoms with Gasteiger partial charge in [0.25, 0.3) is 0 Å². The third kappa shape index (κ3) is 5.09. The summed E-state index contributed by atoms with van der Waals surface area (Å²) < 4.78 is 0. The topological polar surface area (TPSA) is 63.3 Å². The largest absolute Gasteiger partial charge is 0.370 e. The second-order valence-electron chi connectivity index (χ2n) is 4.27. The predicted molar refractivity (Wildman–Crippen MR) is 97.0 cm³/mol. The fourth-order valence-corrected chi connectivity index (χ4v) is 2.35. The Morgan fingerprint density at radius 2 is 2.05 bits per heavy atom. The summed E-state index contributed by atoms with van der Waals surface area (Å²) in [5, 5.41) is 4.06. The molecule has 20 heavy (non-hydrogen) atoms. The maximum Gasteiger partial charge on any atom is 0.193 e. The molecule has 2 rings (SSSR count). The molecule has 4 nitrogen and oxygen atoms in total. The van der Waals surface area contributed by atoms with Gasteiger partial charge in [0.1, 0.15) is 5.01 Å². The van der Waals surface area contributed by atoms with Crippen molar-refractivity contribution in [2.75, 3.05) is 5.32 Å². The van der Waals surface area contributed by atoms with Crippen molar-refractivity contribution in [2.24, 2.45) is 10.7 Å². The number of hydrogen-bond acceptors (Lipinski definition) is 3. The summed E-state index contributed by atoms with van der Waals surface area (Å²) in [6.45, 7) is 4.69. The van der Waals surface area contributed by atoms with E-state index in [1.807, 2.05) is 30.5 Å². The van der Waals surface area contributed by atoms with Gasteiger partial charge < -0.3 is 11.1 Å². The summed E-state index contributed by atoms with van der Waals surface area (Å²) in [4.78, 5) is 9.87. The van der Waals surface area contributed by atoms with Gasteiger partial charge in [0.05, 0.1) is 6.54 Å². The van der Waals surface area contributed by atoms with E-state index in [1.165, 1.54) is 10.4 Å². The van der Waals surface area contributed by atoms with E-state index in [-0.39, 0.29) is 24.0 Å². The molecule has 0 atom stereocenters. The Hall–Kier alpha value is -1.15. The Kier molecular flexibility index (Phi) is 6.94. The van der Waals surface area contributed by atoms with Crippen molar-refractivity contribution in [1.29, 1.82) is 0 Å². The van der Waals surface area contributed by atoms with Crippen molar-refractivity contribution >= 4 is 47.0 Å². The molecule has 0 radical (unpaired) electrons. The summed E-state index contributed by atoms with van der Waals surface area (Å²) in [6.07, 6.45) is 2.91. The molecule has 0 saturated heterocycles. The Morgan fingerprint density at radius 3 is 2.65 bits per heavy atom. The standard InChI is InChI=1S/C14H18N4S.HI/c1-3-12-8-16-13(19-12)9-17-14(15)18-11-6-4-10(2)5-7-11;/h4-8H,3,9H2,1-2H3,(H3,15,17,18);1H. The number of rotatable bonds is 4.